The lowest BCUT2D eigenvalue weighted by Gasteiger charge is -2.50. The van der Waals surface area contributed by atoms with E-state index in [9.17, 15) is 5.11 Å². The molecule has 1 N–H and O–H groups in total. The Labute approximate surface area is 165 Å². The van der Waals surface area contributed by atoms with E-state index in [4.69, 9.17) is 4.74 Å². The second-order valence-electron chi connectivity index (χ2n) is 6.97. The van der Waals surface area contributed by atoms with Crippen molar-refractivity contribution in [1.82, 2.24) is 9.88 Å². The highest BCUT2D eigenvalue weighted by molar-refractivity contribution is 14.0. The number of methoxy groups -OCH3 is 1. The largest absolute Gasteiger partial charge is 0.497 e. The molecule has 0 saturated carbocycles. The monoisotopic (exact) mass is 452 g/mol. The Morgan fingerprint density at radius 1 is 1.40 bits per heavy atom. The van der Waals surface area contributed by atoms with Gasteiger partial charge in [-0.2, -0.15) is 0 Å². The first-order valence-electron chi connectivity index (χ1n) is 8.68. The van der Waals surface area contributed by atoms with Gasteiger partial charge in [0.15, 0.2) is 0 Å². The summed E-state index contributed by atoms with van der Waals surface area (Å²) in [7, 11) is 1.66. The average Bonchev–Trinajstić information content (AvgIpc) is 2.66. The van der Waals surface area contributed by atoms with Gasteiger partial charge in [-0.15, -0.1) is 30.6 Å². The summed E-state index contributed by atoms with van der Waals surface area (Å²) in [5.74, 6) is 2.01. The standard InChI is InChI=1S/C20H24N2O2.HI/c1-3-13-12-22-9-7-14(13)10-19(22)20(23)16-6-8-21-18-5-4-15(24-2)11-17(16)18;/h3-6,8,11,13-14,19-20,23H,1,7,9-10,12H2,2H3;1H/t13-,14-,19+,20-;/m0./s1. The molecular weight excluding hydrogens is 427 g/mol. The van der Waals surface area contributed by atoms with Crippen LogP contribution in [0.15, 0.2) is 43.1 Å². The fourth-order valence-corrected chi connectivity index (χ4v) is 4.44. The first-order valence-corrected chi connectivity index (χ1v) is 8.68. The molecule has 4 heterocycles. The van der Waals surface area contributed by atoms with Crippen molar-refractivity contribution in [3.8, 4) is 5.75 Å². The van der Waals surface area contributed by atoms with Crippen LogP contribution in [0.25, 0.3) is 10.9 Å². The number of aliphatic hydroxyl groups is 1. The van der Waals surface area contributed by atoms with Crippen LogP contribution in [0.1, 0.15) is 24.5 Å². The fourth-order valence-electron chi connectivity index (χ4n) is 4.44. The van der Waals surface area contributed by atoms with E-state index in [-0.39, 0.29) is 30.0 Å². The maximum Gasteiger partial charge on any atom is 0.119 e. The summed E-state index contributed by atoms with van der Waals surface area (Å²) in [6.07, 6.45) is 5.62. The second kappa shape index (κ2) is 7.60. The molecule has 1 aromatic carbocycles. The van der Waals surface area contributed by atoms with Crippen molar-refractivity contribution >= 4 is 34.9 Å². The molecule has 3 aliphatic heterocycles. The highest BCUT2D eigenvalue weighted by atomic mass is 127. The number of aliphatic hydroxyl groups excluding tert-OH is 1. The number of piperidine rings is 3. The van der Waals surface area contributed by atoms with Crippen LogP contribution >= 0.6 is 24.0 Å². The van der Waals surface area contributed by atoms with Crippen LogP contribution < -0.4 is 4.74 Å². The lowest BCUT2D eigenvalue weighted by Crippen LogP contribution is -2.54. The van der Waals surface area contributed by atoms with Crippen molar-refractivity contribution in [2.24, 2.45) is 11.8 Å². The first-order chi connectivity index (χ1) is 11.7. The van der Waals surface area contributed by atoms with Gasteiger partial charge in [-0.05, 0) is 61.1 Å². The second-order valence-corrected chi connectivity index (χ2v) is 6.97. The van der Waals surface area contributed by atoms with E-state index in [0.29, 0.717) is 11.8 Å². The van der Waals surface area contributed by atoms with E-state index in [1.165, 1.54) is 6.42 Å². The molecule has 3 aliphatic rings. The summed E-state index contributed by atoms with van der Waals surface area (Å²) in [5.41, 5.74) is 1.85. The Hall–Kier alpha value is -1.18. The van der Waals surface area contributed by atoms with E-state index >= 15 is 0 Å². The van der Waals surface area contributed by atoms with E-state index < -0.39 is 6.10 Å². The zero-order valence-corrected chi connectivity index (χ0v) is 16.8. The maximum absolute atomic E-state index is 11.2. The number of hydrogen-bond donors (Lipinski definition) is 1. The van der Waals surface area contributed by atoms with Crippen molar-refractivity contribution in [2.75, 3.05) is 20.2 Å². The van der Waals surface area contributed by atoms with Gasteiger partial charge in [0, 0.05) is 24.2 Å². The zero-order valence-electron chi connectivity index (χ0n) is 14.5. The molecule has 134 valence electrons. The van der Waals surface area contributed by atoms with E-state index in [2.05, 4.69) is 22.5 Å². The van der Waals surface area contributed by atoms with Gasteiger partial charge < -0.3 is 9.84 Å². The molecule has 5 rings (SSSR count). The molecule has 0 aliphatic carbocycles. The molecule has 3 fully saturated rings. The van der Waals surface area contributed by atoms with E-state index in [1.54, 1.807) is 13.3 Å². The molecule has 5 heteroatoms. The van der Waals surface area contributed by atoms with Crippen molar-refractivity contribution in [1.29, 1.82) is 0 Å². The van der Waals surface area contributed by atoms with Crippen LogP contribution in [0.3, 0.4) is 0 Å². The van der Waals surface area contributed by atoms with Gasteiger partial charge in [-0.1, -0.05) is 6.08 Å². The Kier molecular flexibility index (Phi) is 5.65. The predicted octanol–water partition coefficient (Wildman–Crippen LogP) is 3.79. The smallest absolute Gasteiger partial charge is 0.119 e. The van der Waals surface area contributed by atoms with Crippen LogP contribution in [0, 0.1) is 11.8 Å². The van der Waals surface area contributed by atoms with Crippen LogP contribution in [0.5, 0.6) is 5.75 Å². The third-order valence-electron chi connectivity index (χ3n) is 5.82. The number of pyridine rings is 1. The summed E-state index contributed by atoms with van der Waals surface area (Å²) < 4.78 is 5.35. The number of ether oxygens (including phenoxy) is 1. The molecule has 0 spiro atoms. The van der Waals surface area contributed by atoms with Crippen LogP contribution in [-0.4, -0.2) is 41.2 Å². The van der Waals surface area contributed by atoms with Gasteiger partial charge in [0.05, 0.1) is 18.7 Å². The van der Waals surface area contributed by atoms with Gasteiger partial charge in [0.2, 0.25) is 0 Å². The number of fused-ring (bicyclic) bond motifs is 4. The summed E-state index contributed by atoms with van der Waals surface area (Å²) in [6, 6.07) is 7.96. The molecule has 4 nitrogen and oxygen atoms in total. The topological polar surface area (TPSA) is 45.6 Å². The van der Waals surface area contributed by atoms with Gasteiger partial charge in [-0.3, -0.25) is 9.88 Å². The lowest BCUT2D eigenvalue weighted by atomic mass is 9.73. The minimum Gasteiger partial charge on any atom is -0.497 e. The zero-order chi connectivity index (χ0) is 16.7. The molecular formula is C20H25IN2O2. The van der Waals surface area contributed by atoms with Crippen molar-refractivity contribution in [3.05, 3.63) is 48.7 Å². The number of halogens is 1. The van der Waals surface area contributed by atoms with Gasteiger partial charge in [-0.25, -0.2) is 0 Å². The molecule has 0 amide bonds. The summed E-state index contributed by atoms with van der Waals surface area (Å²) in [6.45, 7) is 6.07. The quantitative estimate of drug-likeness (QED) is 0.567. The van der Waals surface area contributed by atoms with Crippen molar-refractivity contribution < 1.29 is 9.84 Å². The normalized spacial score (nSPS) is 29.0. The molecule has 1 unspecified atom stereocenters. The minimum absolute atomic E-state index is 0. The van der Waals surface area contributed by atoms with Crippen LogP contribution in [0.4, 0.5) is 0 Å². The maximum atomic E-state index is 11.2. The molecule has 2 bridgehead atoms. The lowest BCUT2D eigenvalue weighted by molar-refractivity contribution is -0.0444. The van der Waals surface area contributed by atoms with Gasteiger partial charge >= 0.3 is 0 Å². The van der Waals surface area contributed by atoms with Crippen LogP contribution in [-0.2, 0) is 0 Å². The Balaban J connectivity index is 0.00000182. The number of nitrogens with zero attached hydrogens (tertiary/aromatic N) is 2. The van der Waals surface area contributed by atoms with Gasteiger partial charge in [0.1, 0.15) is 5.75 Å². The van der Waals surface area contributed by atoms with Crippen molar-refractivity contribution in [2.45, 2.75) is 25.0 Å². The summed E-state index contributed by atoms with van der Waals surface area (Å²) >= 11 is 0. The third kappa shape index (κ3) is 3.29. The fraction of sp³-hybridized carbons (Fsp3) is 0.450. The molecule has 5 atom stereocenters. The van der Waals surface area contributed by atoms with Crippen LogP contribution in [0.2, 0.25) is 0 Å². The highest BCUT2D eigenvalue weighted by Gasteiger charge is 2.42. The first kappa shape index (κ1) is 18.6. The Bertz CT molecular complexity index is 766. The molecule has 3 saturated heterocycles. The number of aromatic nitrogens is 1. The number of benzene rings is 1. The Morgan fingerprint density at radius 3 is 2.92 bits per heavy atom. The number of rotatable bonds is 4. The van der Waals surface area contributed by atoms with E-state index in [1.807, 2.05) is 24.3 Å². The molecule has 0 radical (unpaired) electrons. The number of hydrogen-bond acceptors (Lipinski definition) is 4. The molecule has 1 aromatic heterocycles. The molecule has 2 aromatic rings. The Morgan fingerprint density at radius 2 is 2.24 bits per heavy atom. The summed E-state index contributed by atoms with van der Waals surface area (Å²) in [4.78, 5) is 6.86. The van der Waals surface area contributed by atoms with Crippen molar-refractivity contribution in [3.63, 3.8) is 0 Å². The minimum atomic E-state index is -0.504. The SMILES string of the molecule is C=C[C@H]1CN2CC[C@H]1C[C@@H]2[C@@H](O)c1ccnc2ccc(OC)cc12.I. The van der Waals surface area contributed by atoms with E-state index in [0.717, 1.165) is 41.7 Å². The average molecular weight is 452 g/mol. The third-order valence-corrected chi connectivity index (χ3v) is 5.82. The predicted molar refractivity (Wildman–Crippen MR) is 110 cm³/mol. The highest BCUT2D eigenvalue weighted by Crippen LogP contribution is 2.42. The summed E-state index contributed by atoms with van der Waals surface area (Å²) in [5, 5.41) is 12.1. The van der Waals surface area contributed by atoms with Gasteiger partial charge in [0.25, 0.3) is 0 Å². The molecule has 25 heavy (non-hydrogen) atoms.